The number of ether oxygens (including phenoxy) is 2. The monoisotopic (exact) mass is 365 g/mol. The highest BCUT2D eigenvalue weighted by Gasteiger charge is 2.23. The van der Waals surface area contributed by atoms with Crippen molar-refractivity contribution in [2.45, 2.75) is 25.5 Å². The van der Waals surface area contributed by atoms with Gasteiger partial charge in [-0.05, 0) is 54.8 Å². The highest BCUT2D eigenvalue weighted by molar-refractivity contribution is 5.89. The van der Waals surface area contributed by atoms with Gasteiger partial charge in [0.1, 0.15) is 5.75 Å². The summed E-state index contributed by atoms with van der Waals surface area (Å²) in [4.78, 5) is 14.6. The molecule has 2 aromatic rings. The molecule has 1 N–H and O–H groups in total. The van der Waals surface area contributed by atoms with Crippen LogP contribution >= 0.6 is 0 Å². The molecule has 1 fully saturated rings. The fraction of sp³-hybridized carbons (Fsp3) is 0.333. The van der Waals surface area contributed by atoms with E-state index in [1.54, 1.807) is 36.3 Å². The van der Waals surface area contributed by atoms with Crippen LogP contribution in [0.1, 0.15) is 24.0 Å². The minimum Gasteiger partial charge on any atom is -0.497 e. The molecule has 1 unspecified atom stereocenters. The number of nitrogens with one attached hydrogen (secondary N) is 1. The Kier molecular flexibility index (Phi) is 6.29. The van der Waals surface area contributed by atoms with Gasteiger partial charge in [-0.3, -0.25) is 0 Å². The minimum absolute atomic E-state index is 0.0577. The number of carbonyl (C=O) groups is 1. The van der Waals surface area contributed by atoms with Crippen molar-refractivity contribution in [2.24, 2.45) is 0 Å². The zero-order chi connectivity index (χ0) is 19.1. The average molecular weight is 365 g/mol. The minimum atomic E-state index is -0.196. The van der Waals surface area contributed by atoms with Gasteiger partial charge in [0.25, 0.3) is 0 Å². The molecule has 140 valence electrons. The Hall–Kier alpha value is -3.04. The first-order valence-corrected chi connectivity index (χ1v) is 8.98. The number of hydrogen-bond donors (Lipinski definition) is 1. The van der Waals surface area contributed by atoms with Gasteiger partial charge in [0, 0.05) is 25.4 Å². The highest BCUT2D eigenvalue weighted by Crippen LogP contribution is 2.19. The third-order valence-electron chi connectivity index (χ3n) is 4.51. The molecule has 0 aromatic heterocycles. The number of anilines is 1. The van der Waals surface area contributed by atoms with Gasteiger partial charge in [-0.15, -0.1) is 0 Å². The second kappa shape index (κ2) is 9.06. The van der Waals surface area contributed by atoms with Crippen LogP contribution in [-0.4, -0.2) is 37.3 Å². The fourth-order valence-corrected chi connectivity index (χ4v) is 3.08. The molecule has 1 heterocycles. The number of carbonyl (C=O) groups excluding carboxylic acids is 1. The summed E-state index contributed by atoms with van der Waals surface area (Å²) >= 11 is 0. The molecular weight excluding hydrogens is 342 g/mol. The Morgan fingerprint density at radius 2 is 2.15 bits per heavy atom. The zero-order valence-corrected chi connectivity index (χ0v) is 15.4. The zero-order valence-electron chi connectivity index (χ0n) is 15.4. The molecule has 1 atom stereocenters. The number of benzene rings is 2. The molecule has 6 heteroatoms. The number of methoxy groups -OCH3 is 1. The van der Waals surface area contributed by atoms with E-state index in [2.05, 4.69) is 11.4 Å². The highest BCUT2D eigenvalue weighted by atomic mass is 16.5. The van der Waals surface area contributed by atoms with E-state index in [4.69, 9.17) is 14.7 Å². The van der Waals surface area contributed by atoms with Gasteiger partial charge >= 0.3 is 6.03 Å². The quantitative estimate of drug-likeness (QED) is 0.845. The number of rotatable bonds is 6. The van der Waals surface area contributed by atoms with Crippen molar-refractivity contribution < 1.29 is 14.3 Å². The summed E-state index contributed by atoms with van der Waals surface area (Å²) in [5.74, 6) is 0.761. The van der Waals surface area contributed by atoms with Crippen molar-refractivity contribution in [3.05, 3.63) is 59.7 Å². The summed E-state index contributed by atoms with van der Waals surface area (Å²) < 4.78 is 11.0. The van der Waals surface area contributed by atoms with Crippen LogP contribution in [0.2, 0.25) is 0 Å². The van der Waals surface area contributed by atoms with Gasteiger partial charge in [0.2, 0.25) is 0 Å². The third kappa shape index (κ3) is 5.22. The topological polar surface area (TPSA) is 74.6 Å². The van der Waals surface area contributed by atoms with Crippen LogP contribution in [0.25, 0.3) is 0 Å². The first kappa shape index (κ1) is 18.7. The smallest absolute Gasteiger partial charge is 0.322 e. The van der Waals surface area contributed by atoms with Gasteiger partial charge in [0.15, 0.2) is 0 Å². The van der Waals surface area contributed by atoms with Crippen molar-refractivity contribution in [1.29, 1.82) is 5.26 Å². The van der Waals surface area contributed by atoms with Gasteiger partial charge in [-0.25, -0.2) is 4.79 Å². The Labute approximate surface area is 159 Å². The van der Waals surface area contributed by atoms with Gasteiger partial charge in [0.05, 0.1) is 24.8 Å². The van der Waals surface area contributed by atoms with Crippen LogP contribution in [0.4, 0.5) is 10.5 Å². The van der Waals surface area contributed by atoms with Crippen molar-refractivity contribution in [3.8, 4) is 11.8 Å². The van der Waals surface area contributed by atoms with Crippen LogP contribution in [0.3, 0.4) is 0 Å². The second-order valence-electron chi connectivity index (χ2n) is 6.49. The SMILES string of the molecule is COc1cccc(CN(CC2CCCO2)C(=O)Nc2ccc(C#N)cc2)c1. The Morgan fingerprint density at radius 1 is 1.33 bits per heavy atom. The molecule has 0 radical (unpaired) electrons. The number of amides is 2. The van der Waals surface area contributed by atoms with Crippen LogP contribution in [0.5, 0.6) is 5.75 Å². The van der Waals surface area contributed by atoms with Crippen molar-refractivity contribution >= 4 is 11.7 Å². The fourth-order valence-electron chi connectivity index (χ4n) is 3.08. The molecule has 27 heavy (non-hydrogen) atoms. The normalized spacial score (nSPS) is 15.8. The lowest BCUT2D eigenvalue weighted by atomic mass is 10.1. The predicted molar refractivity (Wildman–Crippen MR) is 103 cm³/mol. The van der Waals surface area contributed by atoms with E-state index in [-0.39, 0.29) is 12.1 Å². The van der Waals surface area contributed by atoms with E-state index >= 15 is 0 Å². The third-order valence-corrected chi connectivity index (χ3v) is 4.51. The summed E-state index contributed by atoms with van der Waals surface area (Å²) in [6, 6.07) is 16.4. The van der Waals surface area contributed by atoms with Crippen molar-refractivity contribution in [2.75, 3.05) is 25.6 Å². The Balaban J connectivity index is 1.72. The molecule has 1 aliphatic heterocycles. The molecule has 6 nitrogen and oxygen atoms in total. The summed E-state index contributed by atoms with van der Waals surface area (Å²) in [6.45, 7) is 1.73. The van der Waals surface area contributed by atoms with Crippen molar-refractivity contribution in [1.82, 2.24) is 4.90 Å². The van der Waals surface area contributed by atoms with Crippen LogP contribution < -0.4 is 10.1 Å². The number of urea groups is 1. The lowest BCUT2D eigenvalue weighted by Crippen LogP contribution is -2.39. The summed E-state index contributed by atoms with van der Waals surface area (Å²) in [5, 5.41) is 11.8. The molecular formula is C21H23N3O3. The van der Waals surface area contributed by atoms with E-state index in [1.807, 2.05) is 24.3 Å². The van der Waals surface area contributed by atoms with E-state index < -0.39 is 0 Å². The molecule has 0 spiro atoms. The van der Waals surface area contributed by atoms with Gasteiger partial charge < -0.3 is 19.7 Å². The number of nitrogens with zero attached hydrogens (tertiary/aromatic N) is 2. The molecule has 3 rings (SSSR count). The molecule has 2 amide bonds. The van der Waals surface area contributed by atoms with E-state index in [1.165, 1.54) is 0 Å². The van der Waals surface area contributed by atoms with E-state index in [0.29, 0.717) is 24.3 Å². The lowest BCUT2D eigenvalue weighted by molar-refractivity contribution is 0.0819. The largest absolute Gasteiger partial charge is 0.497 e. The van der Waals surface area contributed by atoms with Crippen molar-refractivity contribution in [3.63, 3.8) is 0 Å². The predicted octanol–water partition coefficient (Wildman–Crippen LogP) is 3.78. The summed E-state index contributed by atoms with van der Waals surface area (Å²) in [7, 11) is 1.63. The average Bonchev–Trinajstić information content (AvgIpc) is 3.21. The number of hydrogen-bond acceptors (Lipinski definition) is 4. The maximum Gasteiger partial charge on any atom is 0.322 e. The first-order chi connectivity index (χ1) is 13.2. The Morgan fingerprint density at radius 3 is 2.81 bits per heavy atom. The van der Waals surface area contributed by atoms with E-state index in [9.17, 15) is 4.79 Å². The second-order valence-corrected chi connectivity index (χ2v) is 6.49. The van der Waals surface area contributed by atoms with Crippen LogP contribution in [-0.2, 0) is 11.3 Å². The Bertz CT molecular complexity index is 808. The number of nitriles is 1. The molecule has 0 aliphatic carbocycles. The first-order valence-electron chi connectivity index (χ1n) is 8.98. The van der Waals surface area contributed by atoms with E-state index in [0.717, 1.165) is 30.8 Å². The van der Waals surface area contributed by atoms with Gasteiger partial charge in [-0.1, -0.05) is 12.1 Å². The lowest BCUT2D eigenvalue weighted by Gasteiger charge is -2.26. The molecule has 2 aromatic carbocycles. The molecule has 0 bridgehead atoms. The molecule has 0 saturated carbocycles. The molecule has 1 saturated heterocycles. The van der Waals surface area contributed by atoms with Gasteiger partial charge in [-0.2, -0.15) is 5.26 Å². The van der Waals surface area contributed by atoms with Crippen LogP contribution in [0, 0.1) is 11.3 Å². The molecule has 1 aliphatic rings. The standard InChI is InChI=1S/C21H23N3O3/c1-26-19-5-2-4-17(12-19)14-24(15-20-6-3-11-27-20)21(25)23-18-9-7-16(13-22)8-10-18/h2,4-5,7-10,12,20H,3,6,11,14-15H2,1H3,(H,23,25). The van der Waals surface area contributed by atoms with Crippen LogP contribution in [0.15, 0.2) is 48.5 Å². The summed E-state index contributed by atoms with van der Waals surface area (Å²) in [6.07, 6.45) is 2.04. The maximum absolute atomic E-state index is 12.9. The maximum atomic E-state index is 12.9. The summed E-state index contributed by atoms with van der Waals surface area (Å²) in [5.41, 5.74) is 2.20.